The van der Waals surface area contributed by atoms with Gasteiger partial charge in [0.2, 0.25) is 0 Å². The Morgan fingerprint density at radius 1 is 1.00 bits per heavy atom. The fourth-order valence-corrected chi connectivity index (χ4v) is 7.11. The summed E-state index contributed by atoms with van der Waals surface area (Å²) in [5.41, 5.74) is 0.675. The molecule has 4 bridgehead atoms. The zero-order chi connectivity index (χ0) is 14.9. The van der Waals surface area contributed by atoms with E-state index in [9.17, 15) is 0 Å². The van der Waals surface area contributed by atoms with E-state index >= 15 is 0 Å². The molecule has 1 N–H and O–H groups in total. The SMILES string of the molecule is CCCNC(CSCC(C)C)C12CC3CC(CC(C3)C1)C2. The van der Waals surface area contributed by atoms with Crippen LogP contribution in [0.1, 0.15) is 65.7 Å². The molecule has 4 saturated carbocycles. The van der Waals surface area contributed by atoms with Gasteiger partial charge in [0.15, 0.2) is 0 Å². The lowest BCUT2D eigenvalue weighted by atomic mass is 9.48. The summed E-state index contributed by atoms with van der Waals surface area (Å²) in [4.78, 5) is 0. The minimum Gasteiger partial charge on any atom is -0.313 e. The number of nitrogens with one attached hydrogen (secondary N) is 1. The second-order valence-electron chi connectivity index (χ2n) is 8.72. The lowest BCUT2D eigenvalue weighted by molar-refractivity contribution is -0.0693. The summed E-state index contributed by atoms with van der Waals surface area (Å²) in [5.74, 6) is 6.76. The van der Waals surface area contributed by atoms with Gasteiger partial charge < -0.3 is 5.32 Å². The first kappa shape index (κ1) is 16.2. The second kappa shape index (κ2) is 6.83. The Hall–Kier alpha value is 0.310. The zero-order valence-corrected chi connectivity index (χ0v) is 15.2. The molecule has 0 heterocycles. The second-order valence-corrected chi connectivity index (χ2v) is 9.79. The Kier molecular flexibility index (Phi) is 5.26. The third-order valence-electron chi connectivity index (χ3n) is 6.20. The van der Waals surface area contributed by atoms with Crippen LogP contribution in [0.15, 0.2) is 0 Å². The Balaban J connectivity index is 1.66. The van der Waals surface area contributed by atoms with Crippen molar-refractivity contribution in [3.63, 3.8) is 0 Å². The van der Waals surface area contributed by atoms with Gasteiger partial charge in [0.05, 0.1) is 0 Å². The molecule has 1 atom stereocenters. The van der Waals surface area contributed by atoms with Crippen LogP contribution in [0.2, 0.25) is 0 Å². The molecular formula is C19H35NS. The zero-order valence-electron chi connectivity index (χ0n) is 14.4. The molecule has 2 heteroatoms. The number of thioether (sulfide) groups is 1. The minimum absolute atomic E-state index is 0.675. The fraction of sp³-hybridized carbons (Fsp3) is 1.00. The molecule has 0 aliphatic heterocycles. The van der Waals surface area contributed by atoms with Crippen molar-refractivity contribution >= 4 is 11.8 Å². The van der Waals surface area contributed by atoms with Crippen molar-refractivity contribution in [2.75, 3.05) is 18.1 Å². The molecule has 0 spiro atoms. The average molecular weight is 310 g/mol. The predicted molar refractivity (Wildman–Crippen MR) is 94.8 cm³/mol. The molecule has 1 unspecified atom stereocenters. The van der Waals surface area contributed by atoms with Gasteiger partial charge in [0.1, 0.15) is 0 Å². The highest BCUT2D eigenvalue weighted by molar-refractivity contribution is 7.99. The van der Waals surface area contributed by atoms with Crippen LogP contribution in [-0.2, 0) is 0 Å². The van der Waals surface area contributed by atoms with Crippen LogP contribution in [-0.4, -0.2) is 24.1 Å². The Morgan fingerprint density at radius 2 is 1.57 bits per heavy atom. The van der Waals surface area contributed by atoms with Gasteiger partial charge in [0, 0.05) is 11.8 Å². The fourth-order valence-electron chi connectivity index (χ4n) is 5.80. The summed E-state index contributed by atoms with van der Waals surface area (Å²) in [7, 11) is 0. The maximum atomic E-state index is 3.98. The quantitative estimate of drug-likeness (QED) is 0.680. The van der Waals surface area contributed by atoms with Gasteiger partial charge in [0.25, 0.3) is 0 Å². The van der Waals surface area contributed by atoms with Crippen LogP contribution in [0.3, 0.4) is 0 Å². The van der Waals surface area contributed by atoms with E-state index in [2.05, 4.69) is 37.8 Å². The average Bonchev–Trinajstić information content (AvgIpc) is 2.40. The molecule has 4 rings (SSSR count). The third kappa shape index (κ3) is 3.63. The van der Waals surface area contributed by atoms with Crippen molar-refractivity contribution in [1.82, 2.24) is 5.32 Å². The maximum absolute atomic E-state index is 3.98. The van der Waals surface area contributed by atoms with Gasteiger partial charge in [-0.15, -0.1) is 0 Å². The predicted octanol–water partition coefficient (Wildman–Crippen LogP) is 4.96. The molecule has 4 fully saturated rings. The minimum atomic E-state index is 0.675. The van der Waals surface area contributed by atoms with Gasteiger partial charge in [-0.1, -0.05) is 20.8 Å². The summed E-state index contributed by atoms with van der Waals surface area (Å²) in [6.07, 6.45) is 10.6. The molecule has 1 nitrogen and oxygen atoms in total. The standard InChI is InChI=1S/C19H35NS/c1-4-5-20-18(13-21-12-14(2)3)19-9-15-6-16(10-19)8-17(7-15)11-19/h14-18,20H,4-13H2,1-3H3. The van der Waals surface area contributed by atoms with E-state index in [1.807, 2.05) is 0 Å². The van der Waals surface area contributed by atoms with Crippen molar-refractivity contribution in [3.05, 3.63) is 0 Å². The molecule has 0 radical (unpaired) electrons. The highest BCUT2D eigenvalue weighted by Crippen LogP contribution is 2.61. The van der Waals surface area contributed by atoms with Crippen molar-refractivity contribution in [3.8, 4) is 0 Å². The highest BCUT2D eigenvalue weighted by Gasteiger charge is 2.53. The number of rotatable bonds is 8. The van der Waals surface area contributed by atoms with Crippen molar-refractivity contribution in [2.24, 2.45) is 29.1 Å². The van der Waals surface area contributed by atoms with Crippen LogP contribution < -0.4 is 5.32 Å². The molecule has 4 aliphatic rings. The first-order valence-electron chi connectivity index (χ1n) is 9.42. The summed E-state index contributed by atoms with van der Waals surface area (Å²) >= 11 is 2.21. The summed E-state index contributed by atoms with van der Waals surface area (Å²) in [6.45, 7) is 8.23. The van der Waals surface area contributed by atoms with E-state index in [0.717, 1.165) is 29.7 Å². The molecular weight excluding hydrogens is 274 g/mol. The molecule has 21 heavy (non-hydrogen) atoms. The van der Waals surface area contributed by atoms with Crippen LogP contribution in [0.4, 0.5) is 0 Å². The first-order chi connectivity index (χ1) is 10.1. The Labute approximate surface area is 136 Å². The van der Waals surface area contributed by atoms with Gasteiger partial charge in [-0.05, 0) is 86.3 Å². The summed E-state index contributed by atoms with van der Waals surface area (Å²) in [6, 6.07) is 0.787. The van der Waals surface area contributed by atoms with Crippen LogP contribution in [0.25, 0.3) is 0 Å². The molecule has 0 saturated heterocycles. The highest BCUT2D eigenvalue weighted by atomic mass is 32.2. The van der Waals surface area contributed by atoms with E-state index in [1.54, 1.807) is 38.5 Å². The Morgan fingerprint density at radius 3 is 2.05 bits per heavy atom. The number of hydrogen-bond acceptors (Lipinski definition) is 2. The number of hydrogen-bond donors (Lipinski definition) is 1. The molecule has 0 aromatic carbocycles. The van der Waals surface area contributed by atoms with E-state index < -0.39 is 0 Å². The molecule has 0 aromatic heterocycles. The van der Waals surface area contributed by atoms with E-state index in [1.165, 1.54) is 24.5 Å². The molecule has 4 aliphatic carbocycles. The maximum Gasteiger partial charge on any atom is 0.0214 e. The Bertz CT molecular complexity index is 303. The van der Waals surface area contributed by atoms with E-state index in [0.29, 0.717) is 5.41 Å². The van der Waals surface area contributed by atoms with Crippen LogP contribution in [0, 0.1) is 29.1 Å². The lowest BCUT2D eigenvalue weighted by Crippen LogP contribution is -2.57. The van der Waals surface area contributed by atoms with Gasteiger partial charge in [-0.25, -0.2) is 0 Å². The van der Waals surface area contributed by atoms with Crippen LogP contribution in [0.5, 0.6) is 0 Å². The largest absolute Gasteiger partial charge is 0.313 e. The third-order valence-corrected chi connectivity index (χ3v) is 7.67. The topological polar surface area (TPSA) is 12.0 Å². The van der Waals surface area contributed by atoms with Crippen LogP contribution >= 0.6 is 11.8 Å². The smallest absolute Gasteiger partial charge is 0.0214 e. The van der Waals surface area contributed by atoms with Gasteiger partial charge in [-0.3, -0.25) is 0 Å². The summed E-state index contributed by atoms with van der Waals surface area (Å²) in [5, 5.41) is 3.98. The molecule has 0 amide bonds. The van der Waals surface area contributed by atoms with E-state index in [4.69, 9.17) is 0 Å². The monoisotopic (exact) mass is 309 g/mol. The molecule has 0 aromatic rings. The van der Waals surface area contributed by atoms with Crippen molar-refractivity contribution < 1.29 is 0 Å². The van der Waals surface area contributed by atoms with Crippen molar-refractivity contribution in [1.29, 1.82) is 0 Å². The molecule has 122 valence electrons. The van der Waals surface area contributed by atoms with Crippen molar-refractivity contribution in [2.45, 2.75) is 71.8 Å². The van der Waals surface area contributed by atoms with Gasteiger partial charge >= 0.3 is 0 Å². The lowest BCUT2D eigenvalue weighted by Gasteiger charge is -2.59. The normalized spacial score (nSPS) is 39.1. The van der Waals surface area contributed by atoms with E-state index in [-0.39, 0.29) is 0 Å². The first-order valence-corrected chi connectivity index (χ1v) is 10.6. The van der Waals surface area contributed by atoms with Gasteiger partial charge in [-0.2, -0.15) is 11.8 Å². The summed E-state index contributed by atoms with van der Waals surface area (Å²) < 4.78 is 0.